The summed E-state index contributed by atoms with van der Waals surface area (Å²) < 4.78 is 5.35. The fourth-order valence-corrected chi connectivity index (χ4v) is 2.25. The molecule has 1 N–H and O–H groups in total. The van der Waals surface area contributed by atoms with Crippen LogP contribution in [0.2, 0.25) is 0 Å². The van der Waals surface area contributed by atoms with E-state index < -0.39 is 0 Å². The lowest BCUT2D eigenvalue weighted by atomic mass is 10.1. The van der Waals surface area contributed by atoms with Crippen molar-refractivity contribution in [1.29, 1.82) is 0 Å². The highest BCUT2D eigenvalue weighted by atomic mass is 35.5. The minimum atomic E-state index is -0.0981. The molecule has 3 aliphatic rings. The summed E-state index contributed by atoms with van der Waals surface area (Å²) in [5.41, 5.74) is -0.0789. The van der Waals surface area contributed by atoms with Gasteiger partial charge in [0.1, 0.15) is 5.60 Å². The molecule has 2 saturated heterocycles. The highest BCUT2D eigenvalue weighted by Gasteiger charge is 2.62. The second kappa shape index (κ2) is 2.75. The largest absolute Gasteiger partial charge is 0.441 e. The molecule has 0 aromatic rings. The van der Waals surface area contributed by atoms with Crippen molar-refractivity contribution in [3.05, 3.63) is 0 Å². The highest BCUT2D eigenvalue weighted by molar-refractivity contribution is 5.85. The van der Waals surface area contributed by atoms with Crippen LogP contribution in [0.25, 0.3) is 0 Å². The molecule has 1 unspecified atom stereocenters. The second-order valence-corrected chi connectivity index (χ2v) is 3.85. The molecule has 1 atom stereocenters. The molecule has 3 fully saturated rings. The lowest BCUT2D eigenvalue weighted by Gasteiger charge is -2.29. The molecule has 3 rings (SSSR count). The van der Waals surface area contributed by atoms with Crippen molar-refractivity contribution in [1.82, 2.24) is 10.2 Å². The lowest BCUT2D eigenvalue weighted by molar-refractivity contribution is 0.116. The first kappa shape index (κ1) is 9.09. The molecule has 5 heteroatoms. The van der Waals surface area contributed by atoms with E-state index in [1.54, 1.807) is 0 Å². The Morgan fingerprint density at radius 1 is 1.54 bits per heavy atom. The topological polar surface area (TPSA) is 41.6 Å². The predicted molar refractivity (Wildman–Crippen MR) is 49.1 cm³/mol. The van der Waals surface area contributed by atoms with Gasteiger partial charge in [0.25, 0.3) is 0 Å². The van der Waals surface area contributed by atoms with Crippen LogP contribution in [0.5, 0.6) is 0 Å². The molecule has 1 amide bonds. The number of piperazine rings is 1. The first-order valence-corrected chi connectivity index (χ1v) is 4.52. The zero-order chi connectivity index (χ0) is 8.18. The Balaban J connectivity index is 0.000000653. The molecular formula is C8H13ClN2O2. The first-order chi connectivity index (χ1) is 5.82. The number of hydrogen-bond donors (Lipinski definition) is 1. The smallest absolute Gasteiger partial charge is 0.410 e. The summed E-state index contributed by atoms with van der Waals surface area (Å²) in [6.07, 6.45) is 2.02. The van der Waals surface area contributed by atoms with E-state index in [-0.39, 0.29) is 24.1 Å². The van der Waals surface area contributed by atoms with Crippen LogP contribution in [0.15, 0.2) is 0 Å². The van der Waals surface area contributed by atoms with E-state index in [4.69, 9.17) is 4.74 Å². The average molecular weight is 205 g/mol. The van der Waals surface area contributed by atoms with E-state index in [9.17, 15) is 4.79 Å². The molecule has 0 aromatic heterocycles. The molecule has 13 heavy (non-hydrogen) atoms. The molecule has 0 bridgehead atoms. The number of carbonyl (C=O) groups excluding carboxylic acids is 1. The summed E-state index contributed by atoms with van der Waals surface area (Å²) in [5.74, 6) is 0. The van der Waals surface area contributed by atoms with Gasteiger partial charge in [0.05, 0.1) is 6.04 Å². The number of ether oxygens (including phenoxy) is 1. The fourth-order valence-electron chi connectivity index (χ4n) is 2.25. The second-order valence-electron chi connectivity index (χ2n) is 3.85. The zero-order valence-corrected chi connectivity index (χ0v) is 8.10. The maximum Gasteiger partial charge on any atom is 0.410 e. The summed E-state index contributed by atoms with van der Waals surface area (Å²) in [4.78, 5) is 13.2. The van der Waals surface area contributed by atoms with E-state index in [1.807, 2.05) is 4.90 Å². The monoisotopic (exact) mass is 204 g/mol. The van der Waals surface area contributed by atoms with E-state index in [0.29, 0.717) is 6.04 Å². The number of nitrogens with one attached hydrogen (secondary N) is 1. The Kier molecular flexibility index (Phi) is 1.92. The van der Waals surface area contributed by atoms with Crippen molar-refractivity contribution in [2.24, 2.45) is 0 Å². The molecule has 74 valence electrons. The number of nitrogens with zero attached hydrogens (tertiary/aromatic N) is 1. The fraction of sp³-hybridized carbons (Fsp3) is 0.875. The van der Waals surface area contributed by atoms with E-state index in [2.05, 4.69) is 5.32 Å². The van der Waals surface area contributed by atoms with Gasteiger partial charge in [0.15, 0.2) is 0 Å². The van der Waals surface area contributed by atoms with E-state index in [1.165, 1.54) is 0 Å². The Labute approximate surface area is 83.0 Å². The molecule has 1 spiro atoms. The van der Waals surface area contributed by atoms with Gasteiger partial charge in [0, 0.05) is 19.6 Å². The molecule has 2 heterocycles. The molecular weight excluding hydrogens is 192 g/mol. The van der Waals surface area contributed by atoms with Crippen molar-refractivity contribution in [3.8, 4) is 0 Å². The Bertz CT molecular complexity index is 242. The van der Waals surface area contributed by atoms with Gasteiger partial charge >= 0.3 is 6.09 Å². The Morgan fingerprint density at radius 3 is 3.00 bits per heavy atom. The summed E-state index contributed by atoms with van der Waals surface area (Å²) in [6, 6.07) is 0.318. The molecule has 2 aliphatic heterocycles. The van der Waals surface area contributed by atoms with Crippen LogP contribution in [0.3, 0.4) is 0 Å². The third-order valence-corrected chi connectivity index (χ3v) is 3.12. The van der Waals surface area contributed by atoms with Gasteiger partial charge in [-0.15, -0.1) is 12.4 Å². The number of halogens is 1. The highest BCUT2D eigenvalue weighted by Crippen LogP contribution is 2.49. The SMILES string of the molecule is Cl.O=C1OC2(CC2)C2CNCCN12. The normalized spacial score (nSPS) is 33.7. The minimum absolute atomic E-state index is 0. The minimum Gasteiger partial charge on any atom is -0.441 e. The third kappa shape index (κ3) is 1.12. The molecule has 1 aliphatic carbocycles. The summed E-state index contributed by atoms with van der Waals surface area (Å²) in [6.45, 7) is 2.62. The quantitative estimate of drug-likeness (QED) is 0.620. The van der Waals surface area contributed by atoms with Crippen molar-refractivity contribution in [2.75, 3.05) is 19.6 Å². The van der Waals surface area contributed by atoms with Crippen LogP contribution >= 0.6 is 12.4 Å². The standard InChI is InChI=1S/C8H12N2O2.ClH/c11-7-10-4-3-9-5-6(10)8(12-7)1-2-8;/h6,9H,1-5H2;1H. The van der Waals surface area contributed by atoms with Crippen molar-refractivity contribution >= 4 is 18.5 Å². The lowest BCUT2D eigenvalue weighted by Crippen LogP contribution is -2.52. The van der Waals surface area contributed by atoms with Gasteiger partial charge in [-0.2, -0.15) is 0 Å². The van der Waals surface area contributed by atoms with Crippen LogP contribution in [0.1, 0.15) is 12.8 Å². The van der Waals surface area contributed by atoms with Gasteiger partial charge in [-0.3, -0.25) is 4.90 Å². The molecule has 1 saturated carbocycles. The third-order valence-electron chi connectivity index (χ3n) is 3.12. The van der Waals surface area contributed by atoms with Crippen LogP contribution in [0.4, 0.5) is 4.79 Å². The van der Waals surface area contributed by atoms with Gasteiger partial charge in [-0.05, 0) is 12.8 Å². The number of fused-ring (bicyclic) bond motifs is 2. The maximum absolute atomic E-state index is 11.3. The van der Waals surface area contributed by atoms with Gasteiger partial charge in [-0.25, -0.2) is 4.79 Å². The van der Waals surface area contributed by atoms with E-state index >= 15 is 0 Å². The van der Waals surface area contributed by atoms with Gasteiger partial charge in [-0.1, -0.05) is 0 Å². The van der Waals surface area contributed by atoms with Crippen LogP contribution in [-0.4, -0.2) is 42.3 Å². The molecule has 0 radical (unpaired) electrons. The molecule has 0 aromatic carbocycles. The van der Waals surface area contributed by atoms with Gasteiger partial charge < -0.3 is 10.1 Å². The summed E-state index contributed by atoms with van der Waals surface area (Å²) in [5, 5.41) is 3.30. The number of amides is 1. The van der Waals surface area contributed by atoms with Crippen molar-refractivity contribution in [2.45, 2.75) is 24.5 Å². The zero-order valence-electron chi connectivity index (χ0n) is 7.28. The first-order valence-electron chi connectivity index (χ1n) is 4.52. The Hall–Kier alpha value is -0.480. The predicted octanol–water partition coefficient (Wildman–Crippen LogP) is 0.365. The average Bonchev–Trinajstić information content (AvgIpc) is 2.79. The summed E-state index contributed by atoms with van der Waals surface area (Å²) in [7, 11) is 0. The number of rotatable bonds is 0. The van der Waals surface area contributed by atoms with E-state index in [0.717, 1.165) is 32.5 Å². The maximum atomic E-state index is 11.3. The van der Waals surface area contributed by atoms with Crippen LogP contribution < -0.4 is 5.32 Å². The van der Waals surface area contributed by atoms with Crippen LogP contribution in [0, 0.1) is 0 Å². The Morgan fingerprint density at radius 2 is 2.31 bits per heavy atom. The number of hydrogen-bond acceptors (Lipinski definition) is 3. The van der Waals surface area contributed by atoms with Crippen LogP contribution in [-0.2, 0) is 4.74 Å². The van der Waals surface area contributed by atoms with Gasteiger partial charge in [0.2, 0.25) is 0 Å². The van der Waals surface area contributed by atoms with Crippen molar-refractivity contribution in [3.63, 3.8) is 0 Å². The number of carbonyl (C=O) groups is 1. The molecule has 4 nitrogen and oxygen atoms in total. The van der Waals surface area contributed by atoms with Crippen molar-refractivity contribution < 1.29 is 9.53 Å². The summed E-state index contributed by atoms with van der Waals surface area (Å²) >= 11 is 0.